The van der Waals surface area contributed by atoms with Gasteiger partial charge in [0.25, 0.3) is 0 Å². The molecule has 1 aliphatic rings. The maximum absolute atomic E-state index is 5.77. The van der Waals surface area contributed by atoms with Crippen molar-refractivity contribution in [2.75, 3.05) is 19.6 Å². The maximum Gasteiger partial charge on any atom is 0.00206 e. The lowest BCUT2D eigenvalue weighted by atomic mass is 9.92. The molecule has 0 saturated carbocycles. The molecule has 2 nitrogen and oxygen atoms in total. The van der Waals surface area contributed by atoms with E-state index >= 15 is 0 Å². The van der Waals surface area contributed by atoms with E-state index in [1.165, 1.54) is 17.5 Å². The molecular weight excluding hydrogens is 196 g/mol. The second kappa shape index (κ2) is 5.46. The summed E-state index contributed by atoms with van der Waals surface area (Å²) in [6, 6.07) is 9.08. The highest BCUT2D eigenvalue weighted by molar-refractivity contribution is 5.28. The third-order valence-corrected chi connectivity index (χ3v) is 3.72. The normalized spacial score (nSPS) is 22.2. The van der Waals surface area contributed by atoms with Gasteiger partial charge in [-0.15, -0.1) is 0 Å². The van der Waals surface area contributed by atoms with Crippen LogP contribution >= 0.6 is 0 Å². The quantitative estimate of drug-likeness (QED) is 0.813. The lowest BCUT2D eigenvalue weighted by Gasteiger charge is -2.14. The minimum atomic E-state index is 0.524. The topological polar surface area (TPSA) is 38.0 Å². The first kappa shape index (κ1) is 11.6. The summed E-state index contributed by atoms with van der Waals surface area (Å²) in [7, 11) is 0. The van der Waals surface area contributed by atoms with E-state index in [0.717, 1.165) is 26.1 Å². The Kier molecular flexibility index (Phi) is 3.97. The molecule has 1 heterocycles. The van der Waals surface area contributed by atoms with Crippen molar-refractivity contribution in [2.24, 2.45) is 5.73 Å². The monoisotopic (exact) mass is 218 g/mol. The first-order valence-corrected chi connectivity index (χ1v) is 6.35. The molecule has 3 N–H and O–H groups in total. The van der Waals surface area contributed by atoms with Crippen molar-refractivity contribution in [2.45, 2.75) is 31.6 Å². The lowest BCUT2D eigenvalue weighted by Crippen LogP contribution is -2.12. The molecule has 0 bridgehead atoms. The fourth-order valence-electron chi connectivity index (χ4n) is 2.52. The Morgan fingerprint density at radius 1 is 1.38 bits per heavy atom. The van der Waals surface area contributed by atoms with Gasteiger partial charge >= 0.3 is 0 Å². The van der Waals surface area contributed by atoms with Gasteiger partial charge in [0, 0.05) is 6.54 Å². The zero-order valence-electron chi connectivity index (χ0n) is 10.1. The van der Waals surface area contributed by atoms with Crippen molar-refractivity contribution >= 4 is 0 Å². The van der Waals surface area contributed by atoms with E-state index in [9.17, 15) is 0 Å². The number of nitrogens with two attached hydrogens (primary N) is 1. The zero-order valence-corrected chi connectivity index (χ0v) is 10.1. The number of nitrogens with one attached hydrogen (secondary N) is 1. The highest BCUT2D eigenvalue weighted by Gasteiger charge is 2.16. The van der Waals surface area contributed by atoms with Crippen LogP contribution in [0.5, 0.6) is 0 Å². The summed E-state index contributed by atoms with van der Waals surface area (Å²) in [6.45, 7) is 5.24. The number of hydrogen-bond acceptors (Lipinski definition) is 2. The molecule has 0 spiro atoms. The third kappa shape index (κ3) is 2.45. The molecule has 0 amide bonds. The molecule has 1 aliphatic heterocycles. The zero-order chi connectivity index (χ0) is 11.4. The molecule has 0 aliphatic carbocycles. The van der Waals surface area contributed by atoms with Gasteiger partial charge in [-0.3, -0.25) is 0 Å². The fourth-order valence-corrected chi connectivity index (χ4v) is 2.52. The van der Waals surface area contributed by atoms with Gasteiger partial charge in [-0.05, 0) is 48.9 Å². The lowest BCUT2D eigenvalue weighted by molar-refractivity contribution is 0.673. The molecule has 88 valence electrons. The summed E-state index contributed by atoms with van der Waals surface area (Å²) in [5, 5.41) is 3.41. The maximum atomic E-state index is 5.77. The van der Waals surface area contributed by atoms with E-state index < -0.39 is 0 Å². The van der Waals surface area contributed by atoms with Crippen molar-refractivity contribution in [1.82, 2.24) is 5.32 Å². The SMILES string of the molecule is CCC(CN)c1ccc(C2CCNC2)cc1. The van der Waals surface area contributed by atoms with Gasteiger partial charge in [0.15, 0.2) is 0 Å². The van der Waals surface area contributed by atoms with Crippen LogP contribution < -0.4 is 11.1 Å². The molecule has 1 aromatic carbocycles. The van der Waals surface area contributed by atoms with Crippen molar-refractivity contribution in [3.63, 3.8) is 0 Å². The molecule has 1 aromatic rings. The van der Waals surface area contributed by atoms with Crippen LogP contribution in [-0.4, -0.2) is 19.6 Å². The summed E-state index contributed by atoms with van der Waals surface area (Å²) in [5.74, 6) is 1.24. The molecule has 2 heteroatoms. The van der Waals surface area contributed by atoms with E-state index in [1.807, 2.05) is 0 Å². The molecular formula is C14H22N2. The van der Waals surface area contributed by atoms with Crippen LogP contribution in [0.1, 0.15) is 42.7 Å². The van der Waals surface area contributed by atoms with E-state index in [0.29, 0.717) is 11.8 Å². The Morgan fingerprint density at radius 3 is 2.62 bits per heavy atom. The van der Waals surface area contributed by atoms with Gasteiger partial charge in [-0.1, -0.05) is 31.2 Å². The van der Waals surface area contributed by atoms with Gasteiger partial charge in [0.2, 0.25) is 0 Å². The summed E-state index contributed by atoms with van der Waals surface area (Å²) in [4.78, 5) is 0. The second-order valence-corrected chi connectivity index (χ2v) is 4.70. The van der Waals surface area contributed by atoms with Gasteiger partial charge < -0.3 is 11.1 Å². The van der Waals surface area contributed by atoms with Gasteiger partial charge in [0.05, 0.1) is 0 Å². The van der Waals surface area contributed by atoms with Gasteiger partial charge in [-0.25, -0.2) is 0 Å². The standard InChI is InChI=1S/C14H22N2/c1-2-11(9-15)12-3-5-13(6-4-12)14-7-8-16-10-14/h3-6,11,14,16H,2,7-10,15H2,1H3. The highest BCUT2D eigenvalue weighted by atomic mass is 14.9. The molecule has 2 rings (SSSR count). The Morgan fingerprint density at radius 2 is 2.12 bits per heavy atom. The van der Waals surface area contributed by atoms with Crippen LogP contribution in [-0.2, 0) is 0 Å². The Balaban J connectivity index is 2.09. The minimum Gasteiger partial charge on any atom is -0.330 e. The summed E-state index contributed by atoms with van der Waals surface area (Å²) >= 11 is 0. The second-order valence-electron chi connectivity index (χ2n) is 4.70. The Hall–Kier alpha value is -0.860. The number of hydrogen-bond donors (Lipinski definition) is 2. The molecule has 2 atom stereocenters. The van der Waals surface area contributed by atoms with Crippen LogP contribution in [0.3, 0.4) is 0 Å². The number of rotatable bonds is 4. The van der Waals surface area contributed by atoms with E-state index in [1.54, 1.807) is 0 Å². The Bertz CT molecular complexity index is 287. The predicted molar refractivity (Wildman–Crippen MR) is 68.8 cm³/mol. The highest BCUT2D eigenvalue weighted by Crippen LogP contribution is 2.25. The third-order valence-electron chi connectivity index (χ3n) is 3.72. The van der Waals surface area contributed by atoms with Crippen LogP contribution in [0.25, 0.3) is 0 Å². The van der Waals surface area contributed by atoms with Crippen LogP contribution in [0, 0.1) is 0 Å². The summed E-state index contributed by atoms with van der Waals surface area (Å²) in [6.07, 6.45) is 2.40. The van der Waals surface area contributed by atoms with E-state index in [4.69, 9.17) is 5.73 Å². The van der Waals surface area contributed by atoms with Crippen molar-refractivity contribution in [3.8, 4) is 0 Å². The van der Waals surface area contributed by atoms with Crippen molar-refractivity contribution in [1.29, 1.82) is 0 Å². The fraction of sp³-hybridized carbons (Fsp3) is 0.571. The van der Waals surface area contributed by atoms with Crippen LogP contribution in [0.15, 0.2) is 24.3 Å². The molecule has 0 aromatic heterocycles. The molecule has 16 heavy (non-hydrogen) atoms. The Labute approximate surface area is 98.2 Å². The first-order valence-electron chi connectivity index (χ1n) is 6.35. The van der Waals surface area contributed by atoms with Crippen LogP contribution in [0.2, 0.25) is 0 Å². The van der Waals surface area contributed by atoms with Crippen molar-refractivity contribution in [3.05, 3.63) is 35.4 Å². The molecule has 1 fully saturated rings. The average molecular weight is 218 g/mol. The average Bonchev–Trinajstić information content (AvgIpc) is 2.85. The first-order chi connectivity index (χ1) is 7.85. The predicted octanol–water partition coefficient (Wildman–Crippen LogP) is 2.22. The molecule has 0 radical (unpaired) electrons. The van der Waals surface area contributed by atoms with Gasteiger partial charge in [0.1, 0.15) is 0 Å². The summed E-state index contributed by atoms with van der Waals surface area (Å²) < 4.78 is 0. The van der Waals surface area contributed by atoms with Gasteiger partial charge in [-0.2, -0.15) is 0 Å². The number of benzene rings is 1. The van der Waals surface area contributed by atoms with Crippen LogP contribution in [0.4, 0.5) is 0 Å². The van der Waals surface area contributed by atoms with E-state index in [2.05, 4.69) is 36.5 Å². The molecule has 1 saturated heterocycles. The smallest absolute Gasteiger partial charge is 0.00206 e. The van der Waals surface area contributed by atoms with Crippen molar-refractivity contribution < 1.29 is 0 Å². The van der Waals surface area contributed by atoms with E-state index in [-0.39, 0.29) is 0 Å². The molecule has 2 unspecified atom stereocenters. The summed E-state index contributed by atoms with van der Waals surface area (Å²) in [5.41, 5.74) is 8.63. The minimum absolute atomic E-state index is 0.524. The largest absolute Gasteiger partial charge is 0.330 e.